The first kappa shape index (κ1) is 15.5. The maximum Gasteiger partial charge on any atom is 0.312 e. The van der Waals surface area contributed by atoms with Gasteiger partial charge in [-0.3, -0.25) is 14.4 Å². The molecule has 122 valence electrons. The molecule has 0 radical (unpaired) electrons. The lowest BCUT2D eigenvalue weighted by Crippen LogP contribution is -2.34. The third-order valence-electron chi connectivity index (χ3n) is 5.06. The highest BCUT2D eigenvalue weighted by atomic mass is 16.4. The molecule has 1 aromatic rings. The number of carbonyl (C=O) groups is 3. The van der Waals surface area contributed by atoms with Crippen molar-refractivity contribution in [1.82, 2.24) is 4.90 Å². The molecule has 23 heavy (non-hydrogen) atoms. The van der Waals surface area contributed by atoms with E-state index in [9.17, 15) is 24.6 Å². The van der Waals surface area contributed by atoms with Crippen molar-refractivity contribution < 1.29 is 24.6 Å². The van der Waals surface area contributed by atoms with E-state index in [0.717, 1.165) is 5.56 Å². The topological polar surface area (TPSA) is 121 Å². The van der Waals surface area contributed by atoms with E-state index in [2.05, 4.69) is 0 Å². The van der Waals surface area contributed by atoms with Gasteiger partial charge >= 0.3 is 11.9 Å². The van der Waals surface area contributed by atoms with Crippen LogP contribution in [-0.4, -0.2) is 52.6 Å². The molecule has 1 amide bonds. The molecule has 1 aliphatic heterocycles. The van der Waals surface area contributed by atoms with Crippen LogP contribution in [0.25, 0.3) is 0 Å². The van der Waals surface area contributed by atoms with Crippen molar-refractivity contribution in [3.8, 4) is 0 Å². The zero-order chi connectivity index (χ0) is 16.8. The average Bonchev–Trinajstić information content (AvgIpc) is 3.06. The molecule has 0 bridgehead atoms. The molecule has 1 aromatic carbocycles. The maximum atomic E-state index is 12.5. The number of piperidine rings is 1. The van der Waals surface area contributed by atoms with Gasteiger partial charge in [-0.25, -0.2) is 0 Å². The minimum Gasteiger partial charge on any atom is -0.481 e. The number of amides is 1. The smallest absolute Gasteiger partial charge is 0.312 e. The molecular formula is C16H18N2O5. The lowest BCUT2D eigenvalue weighted by molar-refractivity contribution is -0.151. The Labute approximate surface area is 132 Å². The molecule has 1 aliphatic carbocycles. The van der Waals surface area contributed by atoms with Crippen LogP contribution in [0.5, 0.6) is 0 Å². The minimum absolute atomic E-state index is 0.0575. The first-order valence-electron chi connectivity index (χ1n) is 7.41. The SMILES string of the molecule is NCCc1ccc(C(=O)N2C[C@@]3(C(=O)O)C[C@@]3(C(=O)O)C2)cc1. The summed E-state index contributed by atoms with van der Waals surface area (Å²) in [5.74, 6) is -2.63. The zero-order valence-electron chi connectivity index (χ0n) is 12.5. The van der Waals surface area contributed by atoms with E-state index >= 15 is 0 Å². The Bertz CT molecular complexity index is 658. The van der Waals surface area contributed by atoms with E-state index in [-0.39, 0.29) is 25.4 Å². The summed E-state index contributed by atoms with van der Waals surface area (Å²) in [6, 6.07) is 6.93. The fraction of sp³-hybridized carbons (Fsp3) is 0.438. The number of benzene rings is 1. The number of carboxylic acid groups (broad SMARTS) is 2. The fourth-order valence-electron chi connectivity index (χ4n) is 3.60. The average molecular weight is 318 g/mol. The van der Waals surface area contributed by atoms with E-state index in [0.29, 0.717) is 18.5 Å². The summed E-state index contributed by atoms with van der Waals surface area (Å²) in [6.07, 6.45) is 0.798. The number of hydrogen-bond donors (Lipinski definition) is 3. The molecule has 2 atom stereocenters. The van der Waals surface area contributed by atoms with Gasteiger partial charge in [0.25, 0.3) is 5.91 Å². The lowest BCUT2D eigenvalue weighted by atomic mass is 9.97. The van der Waals surface area contributed by atoms with Crippen molar-refractivity contribution in [3.05, 3.63) is 35.4 Å². The summed E-state index contributed by atoms with van der Waals surface area (Å²) in [5, 5.41) is 18.8. The summed E-state index contributed by atoms with van der Waals surface area (Å²) in [7, 11) is 0. The van der Waals surface area contributed by atoms with Gasteiger partial charge in [0.1, 0.15) is 10.8 Å². The third kappa shape index (κ3) is 2.11. The van der Waals surface area contributed by atoms with Crippen LogP contribution < -0.4 is 5.73 Å². The summed E-state index contributed by atoms with van der Waals surface area (Å²) in [5.41, 5.74) is 4.23. The fourth-order valence-corrected chi connectivity index (χ4v) is 3.60. The number of nitrogens with two attached hydrogens (primary N) is 1. The van der Waals surface area contributed by atoms with Gasteiger partial charge in [0.15, 0.2) is 0 Å². The molecule has 1 saturated carbocycles. The van der Waals surface area contributed by atoms with Crippen molar-refractivity contribution in [2.24, 2.45) is 16.6 Å². The second-order valence-corrected chi connectivity index (χ2v) is 6.35. The number of aliphatic carboxylic acids is 2. The predicted molar refractivity (Wildman–Crippen MR) is 79.9 cm³/mol. The van der Waals surface area contributed by atoms with E-state index in [1.807, 2.05) is 0 Å². The third-order valence-corrected chi connectivity index (χ3v) is 5.06. The highest BCUT2D eigenvalue weighted by molar-refractivity contribution is 5.99. The Morgan fingerprint density at radius 1 is 1.04 bits per heavy atom. The van der Waals surface area contributed by atoms with Crippen molar-refractivity contribution in [3.63, 3.8) is 0 Å². The van der Waals surface area contributed by atoms with Crippen molar-refractivity contribution in [2.75, 3.05) is 19.6 Å². The molecule has 7 heteroatoms. The Balaban J connectivity index is 1.80. The first-order valence-corrected chi connectivity index (χ1v) is 7.41. The zero-order valence-corrected chi connectivity index (χ0v) is 12.5. The van der Waals surface area contributed by atoms with Gasteiger partial charge in [-0.1, -0.05) is 12.1 Å². The highest BCUT2D eigenvalue weighted by Crippen LogP contribution is 2.68. The van der Waals surface area contributed by atoms with Gasteiger partial charge in [0.2, 0.25) is 0 Å². The molecule has 3 rings (SSSR count). The van der Waals surface area contributed by atoms with Crippen LogP contribution in [0.15, 0.2) is 24.3 Å². The Kier molecular flexibility index (Phi) is 3.40. The van der Waals surface area contributed by atoms with Gasteiger partial charge in [-0.2, -0.15) is 0 Å². The van der Waals surface area contributed by atoms with Crippen LogP contribution in [0.3, 0.4) is 0 Å². The van der Waals surface area contributed by atoms with Crippen molar-refractivity contribution >= 4 is 17.8 Å². The molecule has 0 spiro atoms. The summed E-state index contributed by atoms with van der Waals surface area (Å²) in [6.45, 7) is 0.401. The van der Waals surface area contributed by atoms with Gasteiger partial charge in [0.05, 0.1) is 0 Å². The Morgan fingerprint density at radius 2 is 1.57 bits per heavy atom. The van der Waals surface area contributed by atoms with Gasteiger partial charge in [-0.15, -0.1) is 0 Å². The van der Waals surface area contributed by atoms with Crippen LogP contribution in [0.2, 0.25) is 0 Å². The van der Waals surface area contributed by atoms with Crippen LogP contribution in [0.1, 0.15) is 22.3 Å². The van der Waals surface area contributed by atoms with E-state index in [1.54, 1.807) is 24.3 Å². The molecular weight excluding hydrogens is 300 g/mol. The number of hydrogen-bond acceptors (Lipinski definition) is 4. The van der Waals surface area contributed by atoms with Gasteiger partial charge < -0.3 is 20.8 Å². The van der Waals surface area contributed by atoms with Crippen LogP contribution in [0.4, 0.5) is 0 Å². The molecule has 0 unspecified atom stereocenters. The lowest BCUT2D eigenvalue weighted by Gasteiger charge is -2.20. The molecule has 0 aromatic heterocycles. The monoisotopic (exact) mass is 318 g/mol. The summed E-state index contributed by atoms with van der Waals surface area (Å²) < 4.78 is 0. The highest BCUT2D eigenvalue weighted by Gasteiger charge is 2.81. The van der Waals surface area contributed by atoms with Crippen molar-refractivity contribution in [2.45, 2.75) is 12.8 Å². The largest absolute Gasteiger partial charge is 0.481 e. The molecule has 1 heterocycles. The molecule has 1 saturated heterocycles. The number of fused-ring (bicyclic) bond motifs is 1. The number of nitrogens with zero attached hydrogens (tertiary/aromatic N) is 1. The number of rotatable bonds is 5. The van der Waals surface area contributed by atoms with Crippen LogP contribution >= 0.6 is 0 Å². The van der Waals surface area contributed by atoms with Gasteiger partial charge in [0, 0.05) is 18.7 Å². The predicted octanol–water partition coefficient (Wildman–Crippen LogP) is 0.189. The quantitative estimate of drug-likeness (QED) is 0.712. The van der Waals surface area contributed by atoms with E-state index in [1.165, 1.54) is 4.90 Å². The molecule has 4 N–H and O–H groups in total. The van der Waals surface area contributed by atoms with Crippen LogP contribution in [-0.2, 0) is 16.0 Å². The second-order valence-electron chi connectivity index (χ2n) is 6.35. The number of likely N-dealkylation sites (tertiary alicyclic amines) is 1. The van der Waals surface area contributed by atoms with Crippen molar-refractivity contribution in [1.29, 1.82) is 0 Å². The molecule has 2 aliphatic rings. The van der Waals surface area contributed by atoms with E-state index in [4.69, 9.17) is 5.73 Å². The second kappa shape index (κ2) is 5.06. The van der Waals surface area contributed by atoms with Crippen LogP contribution in [0, 0.1) is 10.8 Å². The number of carboxylic acids is 2. The standard InChI is InChI=1S/C16H18N2O5/c17-6-5-10-1-3-11(4-2-10)12(19)18-8-15(13(20)21)7-16(15,9-18)14(22)23/h1-4H,5-9,17H2,(H,20,21)(H,22,23)/t15-,16+. The normalized spacial score (nSPS) is 28.3. The first-order chi connectivity index (χ1) is 10.9. The van der Waals surface area contributed by atoms with Gasteiger partial charge in [-0.05, 0) is 37.1 Å². The summed E-state index contributed by atoms with van der Waals surface area (Å²) >= 11 is 0. The molecule has 2 fully saturated rings. The Hall–Kier alpha value is -2.41. The molecule has 7 nitrogen and oxygen atoms in total. The number of carbonyl (C=O) groups excluding carboxylic acids is 1. The summed E-state index contributed by atoms with van der Waals surface area (Å²) in [4.78, 5) is 36.8. The van der Waals surface area contributed by atoms with E-state index < -0.39 is 22.8 Å². The maximum absolute atomic E-state index is 12.5. The minimum atomic E-state index is -1.34. The Morgan fingerprint density at radius 3 is 2.00 bits per heavy atom.